The van der Waals surface area contributed by atoms with Crippen molar-refractivity contribution in [1.29, 1.82) is 0 Å². The molecule has 35 heavy (non-hydrogen) atoms. The molecule has 0 fully saturated rings. The van der Waals surface area contributed by atoms with Crippen molar-refractivity contribution < 1.29 is 28.2 Å². The smallest absolute Gasteiger partial charge is 0.346 e. The van der Waals surface area contributed by atoms with Gasteiger partial charge in [0.2, 0.25) is 0 Å². The Morgan fingerprint density at radius 3 is 2.23 bits per heavy atom. The lowest BCUT2D eigenvalue weighted by atomic mass is 10.1. The number of rotatable bonds is 16. The number of unbranched alkanes of at least 4 members (excludes halogenated alkanes) is 7. The molecular weight excluding hydrogens is 447 g/mol. The molecule has 192 valence electrons. The Labute approximate surface area is 209 Å². The van der Waals surface area contributed by atoms with Gasteiger partial charge in [-0.2, -0.15) is 0 Å². The first-order valence-corrected chi connectivity index (χ1v) is 12.9. The normalized spacial score (nSPS) is 11.7. The summed E-state index contributed by atoms with van der Waals surface area (Å²) >= 11 is 0. The van der Waals surface area contributed by atoms with Crippen LogP contribution in [0.1, 0.15) is 99.3 Å². The van der Waals surface area contributed by atoms with Gasteiger partial charge in [-0.05, 0) is 36.6 Å². The zero-order chi connectivity index (χ0) is 25.5. The van der Waals surface area contributed by atoms with E-state index < -0.39 is 17.8 Å². The van der Waals surface area contributed by atoms with Crippen LogP contribution in [0.3, 0.4) is 0 Å². The quantitative estimate of drug-likeness (QED) is 0.138. The van der Waals surface area contributed by atoms with Gasteiger partial charge < -0.3 is 14.2 Å². The van der Waals surface area contributed by atoms with Crippen LogP contribution in [-0.2, 0) is 4.74 Å². The Balaban J connectivity index is 1.86. The molecule has 0 bridgehead atoms. The summed E-state index contributed by atoms with van der Waals surface area (Å²) in [6.45, 7) is 6.97. The zero-order valence-electron chi connectivity index (χ0n) is 21.3. The molecule has 0 aliphatic heterocycles. The molecule has 0 amide bonds. The highest BCUT2D eigenvalue weighted by atomic mass is 19.1. The Hall–Kier alpha value is -2.89. The lowest BCUT2D eigenvalue weighted by Crippen LogP contribution is -2.16. The van der Waals surface area contributed by atoms with Crippen LogP contribution in [0, 0.1) is 11.7 Å². The van der Waals surface area contributed by atoms with Crippen molar-refractivity contribution in [1.82, 2.24) is 0 Å². The SMILES string of the molecule is CCCCCCCCCCOc1ccc(C(=O)Oc2ccccc2C(=O)OCC(C)CC)c(F)c1. The second-order valence-electron chi connectivity index (χ2n) is 8.96. The van der Waals surface area contributed by atoms with E-state index in [1.807, 2.05) is 13.8 Å². The number of para-hydroxylation sites is 1. The van der Waals surface area contributed by atoms with Crippen LogP contribution in [0.2, 0.25) is 0 Å². The fourth-order valence-corrected chi connectivity index (χ4v) is 3.47. The monoisotopic (exact) mass is 486 g/mol. The van der Waals surface area contributed by atoms with Gasteiger partial charge in [0.15, 0.2) is 0 Å². The van der Waals surface area contributed by atoms with E-state index in [1.165, 1.54) is 62.8 Å². The summed E-state index contributed by atoms with van der Waals surface area (Å²) in [6, 6.07) is 10.4. The van der Waals surface area contributed by atoms with Crippen molar-refractivity contribution >= 4 is 11.9 Å². The molecule has 5 nitrogen and oxygen atoms in total. The van der Waals surface area contributed by atoms with Gasteiger partial charge in [0.05, 0.1) is 18.8 Å². The Morgan fingerprint density at radius 1 is 0.857 bits per heavy atom. The topological polar surface area (TPSA) is 61.8 Å². The fourth-order valence-electron chi connectivity index (χ4n) is 3.47. The number of hydrogen-bond acceptors (Lipinski definition) is 5. The highest BCUT2D eigenvalue weighted by Gasteiger charge is 2.20. The summed E-state index contributed by atoms with van der Waals surface area (Å²) in [5.41, 5.74) is -0.109. The highest BCUT2D eigenvalue weighted by Crippen LogP contribution is 2.23. The molecule has 0 aliphatic rings. The molecule has 0 radical (unpaired) electrons. The van der Waals surface area contributed by atoms with Gasteiger partial charge in [-0.15, -0.1) is 0 Å². The Bertz CT molecular complexity index is 927. The lowest BCUT2D eigenvalue weighted by Gasteiger charge is -2.13. The van der Waals surface area contributed by atoms with Gasteiger partial charge in [-0.25, -0.2) is 14.0 Å². The molecule has 0 heterocycles. The van der Waals surface area contributed by atoms with Gasteiger partial charge >= 0.3 is 11.9 Å². The van der Waals surface area contributed by atoms with Crippen LogP contribution in [0.5, 0.6) is 11.5 Å². The average molecular weight is 487 g/mol. The van der Waals surface area contributed by atoms with Crippen molar-refractivity contribution in [3.05, 3.63) is 59.4 Å². The maximum atomic E-state index is 14.6. The Kier molecular flexibility index (Phi) is 12.9. The maximum absolute atomic E-state index is 14.6. The molecule has 2 aromatic carbocycles. The minimum absolute atomic E-state index is 0.0288. The van der Waals surface area contributed by atoms with Crippen LogP contribution in [0.15, 0.2) is 42.5 Å². The van der Waals surface area contributed by atoms with Crippen molar-refractivity contribution in [2.24, 2.45) is 5.92 Å². The van der Waals surface area contributed by atoms with E-state index in [4.69, 9.17) is 14.2 Å². The number of benzene rings is 2. The number of ether oxygens (including phenoxy) is 3. The largest absolute Gasteiger partial charge is 0.493 e. The molecule has 0 spiro atoms. The minimum Gasteiger partial charge on any atom is -0.493 e. The standard InChI is InChI=1S/C29H39FO5/c1-4-6-7-8-9-10-11-14-19-33-23-17-18-24(26(30)20-23)29(32)35-27-16-13-12-15-25(27)28(31)34-21-22(3)5-2/h12-13,15-18,20,22H,4-11,14,19,21H2,1-3H3. The summed E-state index contributed by atoms with van der Waals surface area (Å²) in [5, 5.41) is 0. The van der Waals surface area contributed by atoms with Gasteiger partial charge in [0, 0.05) is 6.07 Å². The maximum Gasteiger partial charge on any atom is 0.346 e. The van der Waals surface area contributed by atoms with Crippen molar-refractivity contribution in [3.63, 3.8) is 0 Å². The molecule has 1 atom stereocenters. The van der Waals surface area contributed by atoms with Crippen molar-refractivity contribution in [2.45, 2.75) is 78.6 Å². The van der Waals surface area contributed by atoms with Gasteiger partial charge in [-0.1, -0.05) is 84.3 Å². The Morgan fingerprint density at radius 2 is 1.54 bits per heavy atom. The second kappa shape index (κ2) is 15.9. The third-order valence-electron chi connectivity index (χ3n) is 5.93. The summed E-state index contributed by atoms with van der Waals surface area (Å²) in [5.74, 6) is -1.59. The highest BCUT2D eigenvalue weighted by molar-refractivity contribution is 5.96. The third kappa shape index (κ3) is 10.1. The molecule has 2 aromatic rings. The van der Waals surface area contributed by atoms with E-state index in [0.29, 0.717) is 12.4 Å². The second-order valence-corrected chi connectivity index (χ2v) is 8.96. The minimum atomic E-state index is -0.890. The molecule has 6 heteroatoms. The first-order valence-electron chi connectivity index (χ1n) is 12.9. The molecule has 0 aromatic heterocycles. The average Bonchev–Trinajstić information content (AvgIpc) is 2.86. The van der Waals surface area contributed by atoms with Gasteiger partial charge in [-0.3, -0.25) is 0 Å². The van der Waals surface area contributed by atoms with E-state index >= 15 is 0 Å². The van der Waals surface area contributed by atoms with E-state index in [1.54, 1.807) is 18.2 Å². The van der Waals surface area contributed by atoms with E-state index in [0.717, 1.165) is 19.3 Å². The van der Waals surface area contributed by atoms with Crippen LogP contribution >= 0.6 is 0 Å². The predicted molar refractivity (Wildman–Crippen MR) is 136 cm³/mol. The van der Waals surface area contributed by atoms with Gasteiger partial charge in [0.25, 0.3) is 0 Å². The van der Waals surface area contributed by atoms with Crippen LogP contribution in [0.25, 0.3) is 0 Å². The van der Waals surface area contributed by atoms with Crippen molar-refractivity contribution in [3.8, 4) is 11.5 Å². The number of halogens is 1. The van der Waals surface area contributed by atoms with Crippen molar-refractivity contribution in [2.75, 3.05) is 13.2 Å². The summed E-state index contributed by atoms with van der Waals surface area (Å²) in [6.07, 6.45) is 10.4. The molecule has 0 saturated carbocycles. The van der Waals surface area contributed by atoms with E-state index in [9.17, 15) is 14.0 Å². The van der Waals surface area contributed by atoms with Gasteiger partial charge in [0.1, 0.15) is 22.9 Å². The number of hydrogen-bond donors (Lipinski definition) is 0. The zero-order valence-corrected chi connectivity index (χ0v) is 21.3. The summed E-state index contributed by atoms with van der Waals surface area (Å²) < 4.78 is 30.9. The first-order chi connectivity index (χ1) is 17.0. The molecule has 2 rings (SSSR count). The molecular formula is C29H39FO5. The summed E-state index contributed by atoms with van der Waals surface area (Å²) in [7, 11) is 0. The van der Waals surface area contributed by atoms with Crippen LogP contribution in [-0.4, -0.2) is 25.2 Å². The van der Waals surface area contributed by atoms with E-state index in [-0.39, 0.29) is 29.4 Å². The molecule has 0 aliphatic carbocycles. The molecule has 0 N–H and O–H groups in total. The fraction of sp³-hybridized carbons (Fsp3) is 0.517. The van der Waals surface area contributed by atoms with Crippen LogP contribution in [0.4, 0.5) is 4.39 Å². The predicted octanol–water partition coefficient (Wildman–Crippen LogP) is 7.77. The number of carbonyl (C=O) groups is 2. The first kappa shape index (κ1) is 28.3. The number of esters is 2. The third-order valence-corrected chi connectivity index (χ3v) is 5.93. The van der Waals surface area contributed by atoms with Crippen LogP contribution < -0.4 is 9.47 Å². The number of carbonyl (C=O) groups excluding carboxylic acids is 2. The lowest BCUT2D eigenvalue weighted by molar-refractivity contribution is 0.0442. The van der Waals surface area contributed by atoms with E-state index in [2.05, 4.69) is 6.92 Å². The molecule has 0 saturated heterocycles. The molecule has 1 unspecified atom stereocenters. The summed E-state index contributed by atoms with van der Waals surface area (Å²) in [4.78, 5) is 25.0.